The van der Waals surface area contributed by atoms with E-state index in [2.05, 4.69) is 0 Å². The molecule has 3 aromatic rings. The number of hydrogen-bond acceptors (Lipinski definition) is 18. The first-order valence-electron chi connectivity index (χ1n) is 23.7. The summed E-state index contributed by atoms with van der Waals surface area (Å²) in [6, 6.07) is 13.1. The fourth-order valence-corrected chi connectivity index (χ4v) is 11.7. The summed E-state index contributed by atoms with van der Waals surface area (Å²) >= 11 is 0. The summed E-state index contributed by atoms with van der Waals surface area (Å²) in [4.78, 5) is 41.9. The number of benzene rings is 3. The highest BCUT2D eigenvalue weighted by atomic mass is 32.2. The van der Waals surface area contributed by atoms with E-state index in [1.165, 1.54) is 42.5 Å². The largest absolute Gasteiger partial charge is 0.748 e. The number of amides is 2. The van der Waals surface area contributed by atoms with Crippen molar-refractivity contribution in [2.75, 3.05) is 23.7 Å². The Morgan fingerprint density at radius 2 is 1.28 bits per heavy atom. The first kappa shape index (κ1) is 55.9. The molecule has 0 radical (unpaired) electrons. The number of imide groups is 1. The van der Waals surface area contributed by atoms with Gasteiger partial charge < -0.3 is 32.7 Å². The number of rotatable bonds is 20. The third kappa shape index (κ3) is 12.6. The van der Waals surface area contributed by atoms with Crippen LogP contribution in [0.15, 0.2) is 122 Å². The topological polar surface area (TPSA) is 308 Å². The predicted octanol–water partition coefficient (Wildman–Crippen LogP) is 5.95. The van der Waals surface area contributed by atoms with E-state index in [4.69, 9.17) is 9.57 Å². The molecule has 3 aromatic carbocycles. The van der Waals surface area contributed by atoms with Gasteiger partial charge in [0.05, 0.1) is 30.2 Å². The molecular weight excluding hydrogens is 1040 g/mol. The van der Waals surface area contributed by atoms with Crippen molar-refractivity contribution in [2.45, 2.75) is 124 Å². The van der Waals surface area contributed by atoms with Crippen LogP contribution in [-0.4, -0.2) is 104 Å². The summed E-state index contributed by atoms with van der Waals surface area (Å²) in [5.74, 6) is -1.94. The molecule has 0 aromatic heterocycles. The van der Waals surface area contributed by atoms with Crippen LogP contribution in [0.5, 0.6) is 5.75 Å². The van der Waals surface area contributed by atoms with Gasteiger partial charge in [0.2, 0.25) is 5.69 Å². The number of carbonyl (C=O) groups is 3. The third-order valence-electron chi connectivity index (χ3n) is 13.5. The van der Waals surface area contributed by atoms with Crippen molar-refractivity contribution in [3.05, 3.63) is 119 Å². The number of carbonyl (C=O) groups excluding carboxylic acids is 3. The smallest absolute Gasteiger partial charge is 0.333 e. The molecule has 1 fully saturated rings. The van der Waals surface area contributed by atoms with Gasteiger partial charge >= 0.3 is 5.97 Å². The molecule has 398 valence electrons. The Morgan fingerprint density at radius 1 is 0.676 bits per heavy atom. The molecule has 0 saturated carbocycles. The number of nitrogens with zero attached hydrogens (tertiary/aromatic N) is 3. The van der Waals surface area contributed by atoms with Gasteiger partial charge in [-0.2, -0.15) is 4.58 Å². The Labute approximate surface area is 430 Å². The molecule has 4 aliphatic rings. The van der Waals surface area contributed by atoms with Crippen molar-refractivity contribution >= 4 is 75.3 Å². The van der Waals surface area contributed by atoms with Gasteiger partial charge in [0, 0.05) is 72.5 Å². The van der Waals surface area contributed by atoms with E-state index in [0.29, 0.717) is 101 Å². The van der Waals surface area contributed by atoms with Crippen LogP contribution < -0.4 is 9.64 Å². The van der Waals surface area contributed by atoms with Crippen molar-refractivity contribution in [2.24, 2.45) is 0 Å². The van der Waals surface area contributed by atoms with Gasteiger partial charge in [0.15, 0.2) is 5.71 Å². The highest BCUT2D eigenvalue weighted by Crippen LogP contribution is 2.49. The zero-order valence-electron chi connectivity index (χ0n) is 40.9. The molecule has 1 aliphatic carbocycles. The van der Waals surface area contributed by atoms with E-state index in [0.717, 1.165) is 12.1 Å². The second-order valence-electron chi connectivity index (χ2n) is 19.3. The molecule has 0 unspecified atom stereocenters. The summed E-state index contributed by atoms with van der Waals surface area (Å²) in [6.07, 6.45) is 10.4. The van der Waals surface area contributed by atoms with Crippen molar-refractivity contribution < 1.29 is 80.4 Å². The maximum Gasteiger partial charge on any atom is 0.333 e. The summed E-state index contributed by atoms with van der Waals surface area (Å²) in [7, 11) is -19.0. The highest BCUT2D eigenvalue weighted by Gasteiger charge is 2.45. The molecule has 24 heteroatoms. The number of unbranched alkanes of at least 4 members (excludes halogenated alkanes) is 3. The molecule has 0 N–H and O–H groups in total. The molecule has 20 nitrogen and oxygen atoms in total. The Hall–Kier alpha value is -5.86. The van der Waals surface area contributed by atoms with Crippen LogP contribution in [0.4, 0.5) is 11.4 Å². The predicted molar refractivity (Wildman–Crippen MR) is 263 cm³/mol. The van der Waals surface area contributed by atoms with Crippen LogP contribution in [0.2, 0.25) is 0 Å². The van der Waals surface area contributed by atoms with Crippen LogP contribution in [-0.2, 0) is 70.5 Å². The SMILES string of the molecule is CC1(C)C(/C=C/C2=C(Oc3ccc(S(=O)(=O)[O-])cc3)C(=C/C=C3/N(CCCCS(=O)(=O)[O-])c4ccc(S(=O)(=O)[O-])cc4C3(C)C)/CCC2)=[N+](CCCCCC(=O)ON2C(=O)CCC2=O)c2ccc(S(=O)(=O)[O-])cc21. The number of anilines is 1. The van der Waals surface area contributed by atoms with E-state index in [-0.39, 0.29) is 44.4 Å². The fourth-order valence-electron chi connectivity index (χ4n) is 9.68. The lowest BCUT2D eigenvalue weighted by atomic mass is 9.81. The van der Waals surface area contributed by atoms with Gasteiger partial charge in [0.1, 0.15) is 48.4 Å². The zero-order chi connectivity index (χ0) is 54.2. The maximum absolute atomic E-state index is 12.5. The number of hydrogen-bond donors (Lipinski definition) is 0. The van der Waals surface area contributed by atoms with Crippen LogP contribution in [0, 0.1) is 0 Å². The molecule has 0 spiro atoms. The van der Waals surface area contributed by atoms with Gasteiger partial charge in [-0.05, 0) is 142 Å². The lowest BCUT2D eigenvalue weighted by Crippen LogP contribution is -2.31. The number of fused-ring (bicyclic) bond motifs is 2. The van der Waals surface area contributed by atoms with Crippen LogP contribution in [0.1, 0.15) is 109 Å². The second kappa shape index (κ2) is 21.4. The van der Waals surface area contributed by atoms with Gasteiger partial charge in [-0.25, -0.2) is 38.5 Å². The fraction of sp³-hybridized carbons (Fsp3) is 0.400. The van der Waals surface area contributed by atoms with Crippen LogP contribution in [0.3, 0.4) is 0 Å². The molecule has 0 atom stereocenters. The van der Waals surface area contributed by atoms with Gasteiger partial charge in [0.25, 0.3) is 11.8 Å². The zero-order valence-corrected chi connectivity index (χ0v) is 44.2. The van der Waals surface area contributed by atoms with E-state index in [1.807, 2.05) is 61.5 Å². The van der Waals surface area contributed by atoms with Crippen LogP contribution in [0.25, 0.3) is 0 Å². The summed E-state index contributed by atoms with van der Waals surface area (Å²) in [5, 5.41) is 0.496. The van der Waals surface area contributed by atoms with Crippen molar-refractivity contribution in [3.63, 3.8) is 0 Å². The maximum atomic E-state index is 12.5. The van der Waals surface area contributed by atoms with Gasteiger partial charge in [-0.15, -0.1) is 5.06 Å². The monoisotopic (exact) mass is 1100 g/mol. The Balaban J connectivity index is 1.28. The lowest BCUT2D eigenvalue weighted by molar-refractivity contribution is -0.438. The quantitative estimate of drug-likeness (QED) is 0.0546. The summed E-state index contributed by atoms with van der Waals surface area (Å²) < 4.78 is 152. The van der Waals surface area contributed by atoms with E-state index >= 15 is 0 Å². The normalized spacial score (nSPS) is 19.1. The third-order valence-corrected chi connectivity index (χ3v) is 16.8. The Bertz CT molecular complexity index is 3390. The molecule has 1 saturated heterocycles. The minimum Gasteiger partial charge on any atom is -0.748 e. The molecule has 3 heterocycles. The highest BCUT2D eigenvalue weighted by molar-refractivity contribution is 7.86. The molecule has 7 rings (SSSR count). The first-order valence-corrected chi connectivity index (χ1v) is 29.5. The Morgan fingerprint density at radius 3 is 1.91 bits per heavy atom. The minimum atomic E-state index is -4.85. The molecular formula is C50H54N3O17S4-3. The van der Waals surface area contributed by atoms with Crippen molar-refractivity contribution in [3.8, 4) is 5.75 Å². The first-order chi connectivity index (χ1) is 34.5. The number of ether oxygens (including phenoxy) is 1. The summed E-state index contributed by atoms with van der Waals surface area (Å²) in [6.45, 7) is 8.02. The lowest BCUT2D eigenvalue weighted by Gasteiger charge is -2.28. The van der Waals surface area contributed by atoms with E-state index in [9.17, 15) is 66.3 Å². The standard InChI is InChI=1S/C50H57N3O17S4/c1-49(2)39-31-37(73(63,64)65)20-22-41(39)51(28-7-5-6-13-47(56)70-53-45(54)26-27-46(53)55)43(49)24-14-33-11-10-12-34(48(33)69-35-16-18-36(19-17-35)72(60,61)62)15-25-44-50(3,4)40-32-38(74(66,67)68)21-23-42(40)52(44)29-8-9-30-71(57,58)59/h14-25,31-32H,5-13,26-30H2,1-4H3,(H3-,57,58,59,60,61,62,63,64,65,66,67,68)/p-3. The average Bonchev–Trinajstić information content (AvgIpc) is 3.82. The average molecular weight is 1100 g/mol. The second-order valence-corrected chi connectivity index (χ2v) is 25.0. The van der Waals surface area contributed by atoms with Gasteiger partial charge in [-0.1, -0.05) is 19.9 Å². The van der Waals surface area contributed by atoms with Crippen molar-refractivity contribution in [1.82, 2.24) is 5.06 Å². The summed E-state index contributed by atoms with van der Waals surface area (Å²) in [5.41, 5.74) is 3.16. The minimum absolute atomic E-state index is 0.0352. The van der Waals surface area contributed by atoms with Crippen molar-refractivity contribution in [1.29, 1.82) is 0 Å². The van der Waals surface area contributed by atoms with Gasteiger partial charge in [-0.3, -0.25) is 9.59 Å². The van der Waals surface area contributed by atoms with Crippen LogP contribution >= 0.6 is 0 Å². The number of hydroxylamine groups is 2. The molecule has 74 heavy (non-hydrogen) atoms. The van der Waals surface area contributed by atoms with E-state index < -0.39 is 89.5 Å². The molecule has 2 amide bonds. The Kier molecular flexibility index (Phi) is 16.2. The van der Waals surface area contributed by atoms with E-state index in [1.54, 1.807) is 6.07 Å². The molecule has 0 bridgehead atoms. The molecule has 3 aliphatic heterocycles. The number of allylic oxidation sites excluding steroid dienone is 7.